The maximum Gasteiger partial charge on any atom is 0.387 e. The highest BCUT2D eigenvalue weighted by molar-refractivity contribution is 5.91. The molecule has 1 aromatic carbocycles. The van der Waals surface area contributed by atoms with Crippen molar-refractivity contribution in [2.24, 2.45) is 0 Å². The van der Waals surface area contributed by atoms with Crippen LogP contribution in [0.15, 0.2) is 24.3 Å². The highest BCUT2D eigenvalue weighted by atomic mass is 19.3. The lowest BCUT2D eigenvalue weighted by molar-refractivity contribution is -0.116. The zero-order valence-electron chi connectivity index (χ0n) is 16.5. The van der Waals surface area contributed by atoms with Crippen molar-refractivity contribution in [3.63, 3.8) is 0 Å². The average Bonchev–Trinajstić information content (AvgIpc) is 2.94. The summed E-state index contributed by atoms with van der Waals surface area (Å²) in [5, 5.41) is 2.88. The molecule has 1 N–H and O–H groups in total. The molecule has 1 aromatic rings. The minimum Gasteiger partial charge on any atom is -0.490 e. The van der Waals surface area contributed by atoms with Gasteiger partial charge in [-0.25, -0.2) is 0 Å². The van der Waals surface area contributed by atoms with Crippen LogP contribution >= 0.6 is 0 Å². The van der Waals surface area contributed by atoms with Crippen molar-refractivity contribution in [3.05, 3.63) is 29.8 Å². The molecule has 0 radical (unpaired) electrons. The summed E-state index contributed by atoms with van der Waals surface area (Å²) in [5.74, 6) is 0.0245. The average molecular weight is 396 g/mol. The van der Waals surface area contributed by atoms with Gasteiger partial charge in [0.1, 0.15) is 0 Å². The molecule has 1 heterocycles. The first-order valence-electron chi connectivity index (χ1n) is 9.98. The maximum atomic E-state index is 12.4. The number of ether oxygens (including phenoxy) is 2. The number of likely N-dealkylation sites (tertiary alicyclic amines) is 1. The van der Waals surface area contributed by atoms with Crippen LogP contribution in [0.1, 0.15) is 44.6 Å². The lowest BCUT2D eigenvalue weighted by atomic mass is 10.2. The number of halogens is 2. The van der Waals surface area contributed by atoms with Gasteiger partial charge in [0.2, 0.25) is 5.91 Å². The van der Waals surface area contributed by atoms with Gasteiger partial charge in [0.25, 0.3) is 0 Å². The van der Waals surface area contributed by atoms with E-state index >= 15 is 0 Å². The Labute approximate surface area is 165 Å². The smallest absolute Gasteiger partial charge is 0.387 e. The van der Waals surface area contributed by atoms with E-state index in [0.29, 0.717) is 18.7 Å². The highest BCUT2D eigenvalue weighted by Gasteiger charge is 2.11. The fourth-order valence-electron chi connectivity index (χ4n) is 3.19. The fraction of sp³-hybridized carbons (Fsp3) is 0.571. The number of hydrogen-bond acceptors (Lipinski definition) is 4. The summed E-state index contributed by atoms with van der Waals surface area (Å²) < 4.78 is 34.6. The molecule has 2 rings (SSSR count). The van der Waals surface area contributed by atoms with Crippen LogP contribution in [0.5, 0.6) is 11.5 Å². The molecule has 1 aliphatic heterocycles. The highest BCUT2D eigenvalue weighted by Crippen LogP contribution is 2.30. The van der Waals surface area contributed by atoms with E-state index in [1.807, 2.05) is 0 Å². The van der Waals surface area contributed by atoms with Crippen LogP contribution in [-0.4, -0.2) is 50.2 Å². The van der Waals surface area contributed by atoms with Crippen molar-refractivity contribution in [2.45, 2.75) is 45.6 Å². The zero-order valence-corrected chi connectivity index (χ0v) is 16.5. The third-order valence-corrected chi connectivity index (χ3v) is 4.56. The lowest BCUT2D eigenvalue weighted by Gasteiger charge is -2.19. The van der Waals surface area contributed by atoms with Crippen LogP contribution in [0.4, 0.5) is 8.78 Å². The van der Waals surface area contributed by atoms with Gasteiger partial charge in [0.05, 0.1) is 6.61 Å². The van der Waals surface area contributed by atoms with Crippen LogP contribution in [0.2, 0.25) is 0 Å². The Morgan fingerprint density at radius 1 is 1.21 bits per heavy atom. The molecule has 156 valence electrons. The lowest BCUT2D eigenvalue weighted by Crippen LogP contribution is -2.30. The van der Waals surface area contributed by atoms with Gasteiger partial charge < -0.3 is 19.7 Å². The van der Waals surface area contributed by atoms with E-state index in [0.717, 1.165) is 26.1 Å². The van der Waals surface area contributed by atoms with Crippen molar-refractivity contribution in [1.82, 2.24) is 10.2 Å². The summed E-state index contributed by atoms with van der Waals surface area (Å²) in [4.78, 5) is 14.4. The van der Waals surface area contributed by atoms with Gasteiger partial charge in [0.15, 0.2) is 11.5 Å². The number of benzene rings is 1. The minimum atomic E-state index is -2.92. The molecule has 1 amide bonds. The zero-order chi connectivity index (χ0) is 20.2. The van der Waals surface area contributed by atoms with Gasteiger partial charge in [-0.1, -0.05) is 18.9 Å². The second-order valence-electron chi connectivity index (χ2n) is 6.75. The Kier molecular flexibility index (Phi) is 9.76. The molecule has 1 saturated heterocycles. The standard InChI is InChI=1S/C21H30F2N2O3/c1-2-27-19-16-17(8-10-18(19)28-21(22)23)9-11-20(26)24-12-7-15-25-13-5-3-4-6-14-25/h8-11,16,21H,2-7,12-15H2,1H3,(H,24,26)/b11-9+. The van der Waals surface area contributed by atoms with E-state index in [1.54, 1.807) is 25.1 Å². The Balaban J connectivity index is 1.78. The largest absolute Gasteiger partial charge is 0.490 e. The number of rotatable bonds is 10. The Morgan fingerprint density at radius 3 is 2.64 bits per heavy atom. The SMILES string of the molecule is CCOc1cc(/C=C/C(=O)NCCCN2CCCCCC2)ccc1OC(F)F. The van der Waals surface area contributed by atoms with Crippen molar-refractivity contribution >= 4 is 12.0 Å². The van der Waals surface area contributed by atoms with Crippen LogP contribution in [-0.2, 0) is 4.79 Å². The first kappa shape index (κ1) is 22.1. The predicted octanol–water partition coefficient (Wildman–Crippen LogP) is 4.08. The van der Waals surface area contributed by atoms with Crippen LogP contribution in [0, 0.1) is 0 Å². The number of carbonyl (C=O) groups excluding carboxylic acids is 1. The summed E-state index contributed by atoms with van der Waals surface area (Å²) in [6.45, 7) is 3.11. The molecule has 28 heavy (non-hydrogen) atoms. The summed E-state index contributed by atoms with van der Waals surface area (Å²) in [6.07, 6.45) is 9.15. The van der Waals surface area contributed by atoms with Gasteiger partial charge in [-0.05, 0) is 69.6 Å². The van der Waals surface area contributed by atoms with E-state index < -0.39 is 6.61 Å². The van der Waals surface area contributed by atoms with Gasteiger partial charge in [0, 0.05) is 12.6 Å². The number of nitrogens with zero attached hydrogens (tertiary/aromatic N) is 1. The molecular weight excluding hydrogens is 366 g/mol. The van der Waals surface area contributed by atoms with Crippen molar-refractivity contribution in [1.29, 1.82) is 0 Å². The Morgan fingerprint density at radius 2 is 1.96 bits per heavy atom. The predicted molar refractivity (Wildman–Crippen MR) is 106 cm³/mol. The number of amides is 1. The molecule has 0 spiro atoms. The monoisotopic (exact) mass is 396 g/mol. The number of nitrogens with one attached hydrogen (secondary N) is 1. The number of alkyl halides is 2. The summed E-state index contributed by atoms with van der Waals surface area (Å²) in [6, 6.07) is 4.59. The molecule has 7 heteroatoms. The van der Waals surface area contributed by atoms with E-state index in [-0.39, 0.29) is 17.4 Å². The van der Waals surface area contributed by atoms with E-state index in [2.05, 4.69) is 15.0 Å². The topological polar surface area (TPSA) is 50.8 Å². The van der Waals surface area contributed by atoms with Crippen LogP contribution in [0.3, 0.4) is 0 Å². The molecule has 1 aliphatic rings. The molecule has 5 nitrogen and oxygen atoms in total. The summed E-state index contributed by atoms with van der Waals surface area (Å²) in [7, 11) is 0. The molecule has 0 atom stereocenters. The first-order chi connectivity index (χ1) is 13.6. The van der Waals surface area contributed by atoms with E-state index in [9.17, 15) is 13.6 Å². The second-order valence-corrected chi connectivity index (χ2v) is 6.75. The van der Waals surface area contributed by atoms with E-state index in [1.165, 1.54) is 37.8 Å². The number of hydrogen-bond donors (Lipinski definition) is 1. The quantitative estimate of drug-likeness (QED) is 0.478. The van der Waals surface area contributed by atoms with Crippen LogP contribution in [0.25, 0.3) is 6.08 Å². The molecule has 0 aromatic heterocycles. The van der Waals surface area contributed by atoms with E-state index in [4.69, 9.17) is 4.74 Å². The first-order valence-corrected chi connectivity index (χ1v) is 9.98. The molecule has 0 aliphatic carbocycles. The molecular formula is C21H30F2N2O3. The summed E-state index contributed by atoms with van der Waals surface area (Å²) >= 11 is 0. The summed E-state index contributed by atoms with van der Waals surface area (Å²) in [5.41, 5.74) is 0.671. The normalized spacial score (nSPS) is 15.6. The number of carbonyl (C=O) groups is 1. The third kappa shape index (κ3) is 8.25. The van der Waals surface area contributed by atoms with Crippen molar-refractivity contribution in [3.8, 4) is 11.5 Å². The molecule has 1 fully saturated rings. The van der Waals surface area contributed by atoms with Gasteiger partial charge >= 0.3 is 6.61 Å². The molecule has 0 saturated carbocycles. The van der Waals surface area contributed by atoms with Gasteiger partial charge in [-0.2, -0.15) is 8.78 Å². The minimum absolute atomic E-state index is 0.0213. The van der Waals surface area contributed by atoms with Crippen molar-refractivity contribution in [2.75, 3.05) is 32.8 Å². The molecule has 0 unspecified atom stereocenters. The van der Waals surface area contributed by atoms with Gasteiger partial charge in [-0.15, -0.1) is 0 Å². The maximum absolute atomic E-state index is 12.4. The second kappa shape index (κ2) is 12.3. The third-order valence-electron chi connectivity index (χ3n) is 4.56. The van der Waals surface area contributed by atoms with Crippen LogP contribution < -0.4 is 14.8 Å². The Hall–Kier alpha value is -2.15. The van der Waals surface area contributed by atoms with Crippen molar-refractivity contribution < 1.29 is 23.0 Å². The molecule has 0 bridgehead atoms. The fourth-order valence-corrected chi connectivity index (χ4v) is 3.19. The Bertz CT molecular complexity index is 630. The van der Waals surface area contributed by atoms with Gasteiger partial charge in [-0.3, -0.25) is 4.79 Å².